The number of alkyl halides is 3. The molecule has 0 spiro atoms. The Labute approximate surface area is 89.6 Å². The zero-order valence-electron chi connectivity index (χ0n) is 8.58. The number of pyridine rings is 1. The third-order valence-electron chi connectivity index (χ3n) is 1.91. The second kappa shape index (κ2) is 4.56. The second-order valence-corrected chi connectivity index (χ2v) is 2.88. The molecule has 1 N–H and O–H groups in total. The fraction of sp³-hybridized carbons (Fsp3) is 0.444. The van der Waals surface area contributed by atoms with Crippen LogP contribution in [0.2, 0.25) is 0 Å². The van der Waals surface area contributed by atoms with Crippen LogP contribution in [0.25, 0.3) is 0 Å². The van der Waals surface area contributed by atoms with Crippen LogP contribution in [-0.4, -0.2) is 30.5 Å². The Morgan fingerprint density at radius 2 is 1.94 bits per heavy atom. The van der Waals surface area contributed by atoms with Gasteiger partial charge >= 0.3 is 6.18 Å². The molecule has 90 valence electrons. The number of aliphatic hydroxyl groups excluding tert-OH is 1. The van der Waals surface area contributed by atoms with Gasteiger partial charge in [-0.15, -0.1) is 0 Å². The van der Waals surface area contributed by atoms with Gasteiger partial charge in [-0.1, -0.05) is 0 Å². The maximum atomic E-state index is 12.4. The minimum Gasteiger partial charge on any atom is -0.496 e. The zero-order chi connectivity index (χ0) is 12.3. The summed E-state index contributed by atoms with van der Waals surface area (Å²) in [5.74, 6) is -0.444. The quantitative estimate of drug-likeness (QED) is 0.869. The molecule has 0 fully saturated rings. The van der Waals surface area contributed by atoms with Gasteiger partial charge in [0.2, 0.25) is 5.88 Å². The molecule has 0 radical (unpaired) electrons. The first-order valence-electron chi connectivity index (χ1n) is 4.23. The molecule has 0 saturated heterocycles. The average molecular weight is 237 g/mol. The lowest BCUT2D eigenvalue weighted by Crippen LogP contribution is -2.21. The third kappa shape index (κ3) is 2.35. The molecule has 16 heavy (non-hydrogen) atoms. The Morgan fingerprint density at radius 3 is 2.38 bits per heavy atom. The van der Waals surface area contributed by atoms with Crippen LogP contribution < -0.4 is 9.47 Å². The molecular formula is C9H10F3NO3. The minimum absolute atomic E-state index is 0.128. The Kier molecular flexibility index (Phi) is 3.58. The SMILES string of the molecule is COc1ccnc(OC)c1[C@@H](O)C(F)(F)F. The summed E-state index contributed by atoms with van der Waals surface area (Å²) >= 11 is 0. The number of aromatic nitrogens is 1. The van der Waals surface area contributed by atoms with Crippen LogP contribution in [0.3, 0.4) is 0 Å². The summed E-state index contributed by atoms with van der Waals surface area (Å²) in [4.78, 5) is 3.58. The zero-order valence-corrected chi connectivity index (χ0v) is 8.58. The van der Waals surface area contributed by atoms with E-state index in [0.29, 0.717) is 0 Å². The van der Waals surface area contributed by atoms with Crippen molar-refractivity contribution in [3.8, 4) is 11.6 Å². The standard InChI is InChI=1S/C9H10F3NO3/c1-15-5-3-4-13-8(16-2)6(5)7(14)9(10,11)12/h3-4,7,14H,1-2H3/t7-/m1/s1. The Balaban J connectivity index is 3.28. The van der Waals surface area contributed by atoms with Crippen LogP contribution in [0.15, 0.2) is 12.3 Å². The van der Waals surface area contributed by atoms with Gasteiger partial charge in [0.1, 0.15) is 5.75 Å². The van der Waals surface area contributed by atoms with E-state index in [1.807, 2.05) is 0 Å². The van der Waals surface area contributed by atoms with Gasteiger partial charge in [0.25, 0.3) is 0 Å². The smallest absolute Gasteiger partial charge is 0.418 e. The minimum atomic E-state index is -4.80. The highest BCUT2D eigenvalue weighted by Gasteiger charge is 2.43. The van der Waals surface area contributed by atoms with Crippen molar-refractivity contribution < 1.29 is 27.8 Å². The van der Waals surface area contributed by atoms with Crippen molar-refractivity contribution >= 4 is 0 Å². The fourth-order valence-corrected chi connectivity index (χ4v) is 1.19. The molecule has 7 heteroatoms. The molecular weight excluding hydrogens is 227 g/mol. The van der Waals surface area contributed by atoms with Crippen LogP contribution in [0, 0.1) is 0 Å². The first-order valence-corrected chi connectivity index (χ1v) is 4.23. The molecule has 0 saturated carbocycles. The van der Waals surface area contributed by atoms with E-state index in [1.54, 1.807) is 0 Å². The Morgan fingerprint density at radius 1 is 1.31 bits per heavy atom. The van der Waals surface area contributed by atoms with E-state index in [4.69, 9.17) is 9.84 Å². The van der Waals surface area contributed by atoms with Crippen molar-refractivity contribution in [2.75, 3.05) is 14.2 Å². The predicted molar refractivity (Wildman–Crippen MR) is 48.4 cm³/mol. The highest BCUT2D eigenvalue weighted by molar-refractivity contribution is 5.42. The number of ether oxygens (including phenoxy) is 2. The lowest BCUT2D eigenvalue weighted by molar-refractivity contribution is -0.207. The summed E-state index contributed by atoms with van der Waals surface area (Å²) in [5, 5.41) is 9.16. The van der Waals surface area contributed by atoms with Gasteiger partial charge in [-0.3, -0.25) is 0 Å². The molecule has 1 rings (SSSR count). The first kappa shape index (κ1) is 12.6. The number of hydrogen-bond acceptors (Lipinski definition) is 4. The highest BCUT2D eigenvalue weighted by Crippen LogP contribution is 2.40. The normalized spacial score (nSPS) is 13.4. The van der Waals surface area contributed by atoms with Crippen molar-refractivity contribution in [2.45, 2.75) is 12.3 Å². The Bertz CT molecular complexity index is 345. The van der Waals surface area contributed by atoms with Crippen LogP contribution in [-0.2, 0) is 0 Å². The number of aliphatic hydroxyl groups is 1. The van der Waals surface area contributed by atoms with Crippen LogP contribution >= 0.6 is 0 Å². The summed E-state index contributed by atoms with van der Waals surface area (Å²) in [6, 6.07) is 1.22. The molecule has 0 aliphatic heterocycles. The van der Waals surface area contributed by atoms with E-state index in [1.165, 1.54) is 19.4 Å². The number of halogens is 3. The predicted octanol–water partition coefficient (Wildman–Crippen LogP) is 1.69. The molecule has 0 amide bonds. The van der Waals surface area contributed by atoms with E-state index in [0.717, 1.165) is 7.11 Å². The second-order valence-electron chi connectivity index (χ2n) is 2.88. The van der Waals surface area contributed by atoms with E-state index in [-0.39, 0.29) is 11.6 Å². The van der Waals surface area contributed by atoms with Crippen molar-refractivity contribution in [1.29, 1.82) is 0 Å². The fourth-order valence-electron chi connectivity index (χ4n) is 1.19. The molecule has 0 aromatic carbocycles. The molecule has 4 nitrogen and oxygen atoms in total. The molecule has 0 unspecified atom stereocenters. The number of nitrogens with zero attached hydrogens (tertiary/aromatic N) is 1. The van der Waals surface area contributed by atoms with Gasteiger partial charge in [0, 0.05) is 6.20 Å². The first-order chi connectivity index (χ1) is 7.41. The molecule has 1 aromatic heterocycles. The van der Waals surface area contributed by atoms with Gasteiger partial charge in [-0.2, -0.15) is 13.2 Å². The summed E-state index contributed by atoms with van der Waals surface area (Å²) < 4.78 is 46.5. The van der Waals surface area contributed by atoms with Gasteiger partial charge in [0.15, 0.2) is 6.10 Å². The van der Waals surface area contributed by atoms with Crippen molar-refractivity contribution in [2.24, 2.45) is 0 Å². The molecule has 1 heterocycles. The van der Waals surface area contributed by atoms with E-state index < -0.39 is 17.8 Å². The van der Waals surface area contributed by atoms with Crippen LogP contribution in [0.1, 0.15) is 11.7 Å². The molecule has 0 aliphatic rings. The largest absolute Gasteiger partial charge is 0.496 e. The van der Waals surface area contributed by atoms with Crippen molar-refractivity contribution in [3.05, 3.63) is 17.8 Å². The summed E-state index contributed by atoms with van der Waals surface area (Å²) in [6.45, 7) is 0. The number of rotatable bonds is 3. The van der Waals surface area contributed by atoms with E-state index >= 15 is 0 Å². The van der Waals surface area contributed by atoms with Gasteiger partial charge in [0.05, 0.1) is 19.8 Å². The lowest BCUT2D eigenvalue weighted by Gasteiger charge is -2.19. The van der Waals surface area contributed by atoms with Crippen LogP contribution in [0.4, 0.5) is 13.2 Å². The number of hydrogen-bond donors (Lipinski definition) is 1. The summed E-state index contributed by atoms with van der Waals surface area (Å²) in [5.41, 5.74) is -0.528. The molecule has 0 aliphatic carbocycles. The van der Waals surface area contributed by atoms with Gasteiger partial charge in [-0.25, -0.2) is 4.98 Å². The van der Waals surface area contributed by atoms with Gasteiger partial charge < -0.3 is 14.6 Å². The molecule has 0 bridgehead atoms. The third-order valence-corrected chi connectivity index (χ3v) is 1.91. The highest BCUT2D eigenvalue weighted by atomic mass is 19.4. The summed E-state index contributed by atoms with van der Waals surface area (Å²) in [7, 11) is 2.36. The lowest BCUT2D eigenvalue weighted by atomic mass is 10.1. The van der Waals surface area contributed by atoms with E-state index in [9.17, 15) is 13.2 Å². The maximum Gasteiger partial charge on any atom is 0.418 e. The monoisotopic (exact) mass is 237 g/mol. The maximum absolute atomic E-state index is 12.4. The topological polar surface area (TPSA) is 51.6 Å². The van der Waals surface area contributed by atoms with Crippen molar-refractivity contribution in [1.82, 2.24) is 4.98 Å². The Hall–Kier alpha value is -1.50. The number of methoxy groups -OCH3 is 2. The molecule has 1 atom stereocenters. The molecule has 1 aromatic rings. The van der Waals surface area contributed by atoms with Gasteiger partial charge in [-0.05, 0) is 6.07 Å². The average Bonchev–Trinajstić information content (AvgIpc) is 2.25. The van der Waals surface area contributed by atoms with E-state index in [2.05, 4.69) is 9.72 Å². The van der Waals surface area contributed by atoms with Crippen molar-refractivity contribution in [3.63, 3.8) is 0 Å². The van der Waals surface area contributed by atoms with Crippen LogP contribution in [0.5, 0.6) is 11.6 Å². The summed E-state index contributed by atoms with van der Waals surface area (Å²) in [6.07, 6.45) is -6.26.